The van der Waals surface area contributed by atoms with Crippen LogP contribution in [0.25, 0.3) is 0 Å². The first-order valence-corrected chi connectivity index (χ1v) is 3.80. The lowest BCUT2D eigenvalue weighted by Crippen LogP contribution is -1.86. The predicted molar refractivity (Wildman–Crippen MR) is 41.3 cm³/mol. The van der Waals surface area contributed by atoms with E-state index in [1.54, 1.807) is 0 Å². The van der Waals surface area contributed by atoms with Crippen LogP contribution in [0.4, 0.5) is 5.13 Å². The highest BCUT2D eigenvalue weighted by molar-refractivity contribution is 7.15. The number of aryl methyl sites for hydroxylation is 1. The van der Waals surface area contributed by atoms with E-state index in [9.17, 15) is 4.79 Å². The summed E-state index contributed by atoms with van der Waals surface area (Å²) in [6.07, 6.45) is 1.56. The molecule has 10 heavy (non-hydrogen) atoms. The van der Waals surface area contributed by atoms with Crippen LogP contribution in [0.2, 0.25) is 0 Å². The summed E-state index contributed by atoms with van der Waals surface area (Å²) in [5.41, 5.74) is 5.87. The number of hydrogen-bond donors (Lipinski definition) is 1. The highest BCUT2D eigenvalue weighted by Crippen LogP contribution is 2.18. The van der Waals surface area contributed by atoms with Gasteiger partial charge >= 0.3 is 0 Å². The van der Waals surface area contributed by atoms with Crippen LogP contribution >= 0.6 is 11.3 Å². The zero-order valence-corrected chi connectivity index (χ0v) is 6.44. The van der Waals surface area contributed by atoms with Crippen LogP contribution in [0.1, 0.15) is 22.3 Å². The predicted octanol–water partition coefficient (Wildman–Crippen LogP) is 1.10. The average Bonchev–Trinajstić information content (AvgIpc) is 2.30. The Morgan fingerprint density at radius 2 is 2.50 bits per heavy atom. The minimum absolute atomic E-state index is 0.471. The molecule has 0 aliphatic heterocycles. The van der Waals surface area contributed by atoms with E-state index >= 15 is 0 Å². The summed E-state index contributed by atoms with van der Waals surface area (Å²) >= 11 is 1.37. The quantitative estimate of drug-likeness (QED) is 0.652. The smallest absolute Gasteiger partial charge is 0.180 e. The third kappa shape index (κ3) is 1.16. The summed E-state index contributed by atoms with van der Waals surface area (Å²) in [6, 6.07) is 0. The molecule has 1 aromatic rings. The second-order valence-electron chi connectivity index (χ2n) is 1.83. The van der Waals surface area contributed by atoms with Gasteiger partial charge in [0.25, 0.3) is 0 Å². The van der Waals surface area contributed by atoms with Gasteiger partial charge in [0, 0.05) is 4.88 Å². The van der Waals surface area contributed by atoms with Gasteiger partial charge in [-0.15, -0.1) is 11.3 Å². The number of rotatable bonds is 2. The number of aromatic nitrogens is 1. The van der Waals surface area contributed by atoms with E-state index in [-0.39, 0.29) is 0 Å². The van der Waals surface area contributed by atoms with Crippen LogP contribution in [0.15, 0.2) is 0 Å². The first kappa shape index (κ1) is 7.21. The molecule has 0 amide bonds. The maximum Gasteiger partial charge on any atom is 0.180 e. The Labute approximate surface area is 62.9 Å². The molecule has 2 N–H and O–H groups in total. The molecular weight excluding hydrogens is 148 g/mol. The molecule has 0 unspecified atom stereocenters. The van der Waals surface area contributed by atoms with E-state index in [1.807, 2.05) is 6.92 Å². The lowest BCUT2D eigenvalue weighted by molar-refractivity contribution is 0.111. The molecule has 0 radical (unpaired) electrons. The van der Waals surface area contributed by atoms with E-state index in [2.05, 4.69) is 4.98 Å². The second-order valence-corrected chi connectivity index (χ2v) is 2.95. The van der Waals surface area contributed by atoms with E-state index < -0.39 is 0 Å². The molecule has 0 saturated heterocycles. The van der Waals surface area contributed by atoms with Crippen LogP contribution in [0, 0.1) is 0 Å². The van der Waals surface area contributed by atoms with Crippen molar-refractivity contribution in [3.05, 3.63) is 10.6 Å². The van der Waals surface area contributed by atoms with Gasteiger partial charge in [-0.1, -0.05) is 6.92 Å². The molecule has 1 rings (SSSR count). The molecule has 0 atom stereocenters. The molecule has 54 valence electrons. The Kier molecular flexibility index (Phi) is 2.01. The highest BCUT2D eigenvalue weighted by atomic mass is 32.1. The first-order valence-electron chi connectivity index (χ1n) is 2.98. The molecule has 0 spiro atoms. The summed E-state index contributed by atoms with van der Waals surface area (Å²) in [5, 5.41) is 0.471. The number of nitrogens with two attached hydrogens (primary N) is 1. The molecule has 3 nitrogen and oxygen atoms in total. The van der Waals surface area contributed by atoms with Crippen molar-refractivity contribution >= 4 is 22.8 Å². The number of anilines is 1. The van der Waals surface area contributed by atoms with Gasteiger partial charge in [0.2, 0.25) is 0 Å². The van der Waals surface area contributed by atoms with Crippen LogP contribution in [0.5, 0.6) is 0 Å². The highest BCUT2D eigenvalue weighted by Gasteiger charge is 2.04. The summed E-state index contributed by atoms with van der Waals surface area (Å²) in [4.78, 5) is 15.1. The van der Waals surface area contributed by atoms with E-state index in [0.717, 1.165) is 17.6 Å². The first-order chi connectivity index (χ1) is 4.77. The normalized spacial score (nSPS) is 9.70. The third-order valence-electron chi connectivity index (χ3n) is 1.18. The van der Waals surface area contributed by atoms with Gasteiger partial charge in [-0.2, -0.15) is 0 Å². The topological polar surface area (TPSA) is 56.0 Å². The van der Waals surface area contributed by atoms with Crippen LogP contribution in [0.3, 0.4) is 0 Å². The number of nitrogen functional groups attached to an aromatic ring is 1. The van der Waals surface area contributed by atoms with Crippen molar-refractivity contribution < 1.29 is 4.79 Å². The Balaban J connectivity index is 3.08. The number of nitrogens with zero attached hydrogens (tertiary/aromatic N) is 1. The van der Waals surface area contributed by atoms with Gasteiger partial charge < -0.3 is 5.73 Å². The van der Waals surface area contributed by atoms with Gasteiger partial charge in [-0.25, -0.2) is 4.98 Å². The SMILES string of the molecule is CCc1sc(N)nc1C=O. The van der Waals surface area contributed by atoms with Crippen molar-refractivity contribution in [2.75, 3.05) is 5.73 Å². The van der Waals surface area contributed by atoms with Crippen molar-refractivity contribution in [3.63, 3.8) is 0 Å². The standard InChI is InChI=1S/C6H8N2OS/c1-2-5-4(3-9)8-6(7)10-5/h3H,2H2,1H3,(H2,7,8). The maximum atomic E-state index is 10.3. The van der Waals surface area contributed by atoms with E-state index in [0.29, 0.717) is 10.8 Å². The molecule has 0 fully saturated rings. The summed E-state index contributed by atoms with van der Waals surface area (Å²) in [7, 11) is 0. The zero-order valence-electron chi connectivity index (χ0n) is 5.63. The summed E-state index contributed by atoms with van der Waals surface area (Å²) in [5.74, 6) is 0. The second kappa shape index (κ2) is 2.79. The van der Waals surface area contributed by atoms with Crippen LogP contribution in [-0.2, 0) is 6.42 Å². The van der Waals surface area contributed by atoms with E-state index in [4.69, 9.17) is 5.73 Å². The lowest BCUT2D eigenvalue weighted by atomic mass is 10.3. The van der Waals surface area contributed by atoms with Crippen LogP contribution < -0.4 is 5.73 Å². The molecule has 0 aliphatic rings. The number of aldehydes is 1. The largest absolute Gasteiger partial charge is 0.375 e. The van der Waals surface area contributed by atoms with Gasteiger partial charge in [0.1, 0.15) is 5.69 Å². The number of carbonyl (C=O) groups is 1. The van der Waals surface area contributed by atoms with Crippen LogP contribution in [-0.4, -0.2) is 11.3 Å². The van der Waals surface area contributed by atoms with Crippen molar-refractivity contribution in [1.82, 2.24) is 4.98 Å². The molecule has 4 heteroatoms. The van der Waals surface area contributed by atoms with Crippen molar-refractivity contribution in [2.45, 2.75) is 13.3 Å². The van der Waals surface area contributed by atoms with Crippen molar-refractivity contribution in [3.8, 4) is 0 Å². The van der Waals surface area contributed by atoms with Gasteiger partial charge in [0.05, 0.1) is 0 Å². The lowest BCUT2D eigenvalue weighted by Gasteiger charge is -1.84. The van der Waals surface area contributed by atoms with Gasteiger partial charge in [-0.3, -0.25) is 4.79 Å². The van der Waals surface area contributed by atoms with Gasteiger partial charge in [0.15, 0.2) is 11.4 Å². The third-order valence-corrected chi connectivity index (χ3v) is 2.22. The Morgan fingerprint density at radius 1 is 1.80 bits per heavy atom. The minimum Gasteiger partial charge on any atom is -0.375 e. The van der Waals surface area contributed by atoms with Gasteiger partial charge in [-0.05, 0) is 6.42 Å². The molecular formula is C6H8N2OS. The average molecular weight is 156 g/mol. The number of hydrogen-bond acceptors (Lipinski definition) is 4. The monoisotopic (exact) mass is 156 g/mol. The molecule has 0 aliphatic carbocycles. The van der Waals surface area contributed by atoms with Crippen molar-refractivity contribution in [2.24, 2.45) is 0 Å². The summed E-state index contributed by atoms with van der Waals surface area (Å²) in [6.45, 7) is 1.97. The molecule has 1 heterocycles. The summed E-state index contributed by atoms with van der Waals surface area (Å²) < 4.78 is 0. The number of thiazole rings is 1. The fourth-order valence-corrected chi connectivity index (χ4v) is 1.47. The number of carbonyl (C=O) groups excluding carboxylic acids is 1. The molecule has 1 aromatic heterocycles. The minimum atomic E-state index is 0.471. The Hall–Kier alpha value is -0.900. The van der Waals surface area contributed by atoms with E-state index in [1.165, 1.54) is 11.3 Å². The fraction of sp³-hybridized carbons (Fsp3) is 0.333. The fourth-order valence-electron chi connectivity index (χ4n) is 0.728. The maximum absolute atomic E-state index is 10.3. The van der Waals surface area contributed by atoms with Crippen molar-refractivity contribution in [1.29, 1.82) is 0 Å². The molecule has 0 aromatic carbocycles. The molecule has 0 bridgehead atoms. The Morgan fingerprint density at radius 3 is 2.90 bits per heavy atom. The molecule has 0 saturated carbocycles. The Bertz CT molecular complexity index is 244. The zero-order chi connectivity index (χ0) is 7.56.